The van der Waals surface area contributed by atoms with E-state index in [1.807, 2.05) is 53.1 Å². The van der Waals surface area contributed by atoms with Crippen LogP contribution in [0.3, 0.4) is 0 Å². The highest BCUT2D eigenvalue weighted by Crippen LogP contribution is 2.35. The highest BCUT2D eigenvalue weighted by atomic mass is 32.2. The second kappa shape index (κ2) is 9.61. The zero-order valence-corrected chi connectivity index (χ0v) is 20.9. The topological polar surface area (TPSA) is 101 Å². The van der Waals surface area contributed by atoms with Crippen molar-refractivity contribution in [3.63, 3.8) is 0 Å². The van der Waals surface area contributed by atoms with E-state index in [1.165, 1.54) is 11.8 Å². The van der Waals surface area contributed by atoms with E-state index in [9.17, 15) is 31.5 Å². The molecule has 1 aliphatic heterocycles. The third-order valence-corrected chi connectivity index (χ3v) is 8.21. The fourth-order valence-corrected chi connectivity index (χ4v) is 6.26. The summed E-state index contributed by atoms with van der Waals surface area (Å²) in [6, 6.07) is 17.2. The predicted molar refractivity (Wildman–Crippen MR) is 134 cm³/mol. The van der Waals surface area contributed by atoms with Crippen molar-refractivity contribution in [1.29, 1.82) is 0 Å². The van der Waals surface area contributed by atoms with E-state index in [1.54, 1.807) is 0 Å². The van der Waals surface area contributed by atoms with Gasteiger partial charge in [-0.1, -0.05) is 36.4 Å². The van der Waals surface area contributed by atoms with Crippen molar-refractivity contribution in [2.45, 2.75) is 36.4 Å². The van der Waals surface area contributed by atoms with Crippen LogP contribution in [0.4, 0.5) is 13.2 Å². The Bertz CT molecular complexity index is 1550. The summed E-state index contributed by atoms with van der Waals surface area (Å²) in [7, 11) is -4.27. The maximum absolute atomic E-state index is 13.1. The summed E-state index contributed by atoms with van der Waals surface area (Å²) in [6.45, 7) is 1.44. The second-order valence-corrected chi connectivity index (χ2v) is 10.8. The molecule has 1 aromatic heterocycles. The van der Waals surface area contributed by atoms with Gasteiger partial charge in [-0.15, -0.1) is 13.2 Å². The van der Waals surface area contributed by atoms with Gasteiger partial charge in [0.15, 0.2) is 0 Å². The van der Waals surface area contributed by atoms with Gasteiger partial charge in [0, 0.05) is 41.8 Å². The SMILES string of the molecule is CC(=O)N1C[C@@H](NS(=O)(=O)c2ccc(OC(F)(F)F)cc2)[C@H](O)[C@@H](n2c3ccccc3c3ccccc32)C1. The van der Waals surface area contributed by atoms with Crippen LogP contribution < -0.4 is 9.46 Å². The van der Waals surface area contributed by atoms with Gasteiger partial charge in [-0.3, -0.25) is 4.79 Å². The van der Waals surface area contributed by atoms with Crippen LogP contribution in [0.1, 0.15) is 13.0 Å². The Labute approximate surface area is 216 Å². The molecule has 0 saturated carbocycles. The second-order valence-electron chi connectivity index (χ2n) is 9.13. The Kier molecular flexibility index (Phi) is 6.58. The molecule has 0 radical (unpaired) electrons. The lowest BCUT2D eigenvalue weighted by molar-refractivity contribution is -0.274. The third kappa shape index (κ3) is 4.94. The quantitative estimate of drug-likeness (QED) is 0.396. The van der Waals surface area contributed by atoms with Crippen molar-refractivity contribution < 1.29 is 36.2 Å². The first-order valence-corrected chi connectivity index (χ1v) is 13.2. The normalized spacial score (nSPS) is 20.7. The molecule has 1 aliphatic rings. The minimum absolute atomic E-state index is 0.0847. The lowest BCUT2D eigenvalue weighted by Gasteiger charge is -2.42. The largest absolute Gasteiger partial charge is 0.573 e. The molecule has 0 spiro atoms. The number of hydrogen-bond donors (Lipinski definition) is 2. The third-order valence-electron chi connectivity index (χ3n) is 6.70. The molecule has 0 unspecified atom stereocenters. The zero-order chi connectivity index (χ0) is 27.2. The molecule has 0 bridgehead atoms. The molecule has 1 fully saturated rings. The van der Waals surface area contributed by atoms with Gasteiger partial charge in [0.25, 0.3) is 0 Å². The van der Waals surface area contributed by atoms with Gasteiger partial charge in [-0.25, -0.2) is 13.1 Å². The molecule has 1 amide bonds. The van der Waals surface area contributed by atoms with E-state index in [-0.39, 0.29) is 23.9 Å². The van der Waals surface area contributed by atoms with Crippen LogP contribution >= 0.6 is 0 Å². The molecule has 3 atom stereocenters. The standard InChI is InChI=1S/C26H24F3N3O5S/c1-16(33)31-14-21(30-38(35,36)18-12-10-17(11-13-18)37-26(27,28)29)25(34)24(15-31)32-22-8-4-2-6-19(22)20-7-3-5-9-23(20)32/h2-13,21,24-25,30,34H,14-15H2,1H3/t21-,24+,25+/m1/s1. The smallest absolute Gasteiger partial charge is 0.406 e. The number of alkyl halides is 3. The molecule has 1 saturated heterocycles. The van der Waals surface area contributed by atoms with E-state index < -0.39 is 40.3 Å². The number of hydrogen-bond acceptors (Lipinski definition) is 5. The number of nitrogens with zero attached hydrogens (tertiary/aromatic N) is 2. The van der Waals surface area contributed by atoms with Crippen molar-refractivity contribution in [2.75, 3.05) is 13.1 Å². The average molecular weight is 548 g/mol. The minimum Gasteiger partial charge on any atom is -0.406 e. The number of rotatable bonds is 5. The molecule has 12 heteroatoms. The Balaban J connectivity index is 1.50. The maximum atomic E-state index is 13.1. The van der Waals surface area contributed by atoms with Crippen LogP contribution in [0.2, 0.25) is 0 Å². The molecular formula is C26H24F3N3O5S. The van der Waals surface area contributed by atoms with Gasteiger partial charge in [0.1, 0.15) is 5.75 Å². The number of sulfonamides is 1. The summed E-state index contributed by atoms with van der Waals surface area (Å²) in [5.74, 6) is -0.858. The monoisotopic (exact) mass is 547 g/mol. The van der Waals surface area contributed by atoms with Crippen LogP contribution in [0.15, 0.2) is 77.7 Å². The molecule has 8 nitrogen and oxygen atoms in total. The number of benzene rings is 3. The molecule has 2 N–H and O–H groups in total. The first-order valence-electron chi connectivity index (χ1n) is 11.7. The Hall–Kier alpha value is -3.61. The molecule has 200 valence electrons. The maximum Gasteiger partial charge on any atom is 0.573 e. The number of para-hydroxylation sites is 2. The Morgan fingerprint density at radius 2 is 1.50 bits per heavy atom. The average Bonchev–Trinajstić information content (AvgIpc) is 3.19. The molecule has 2 heterocycles. The highest BCUT2D eigenvalue weighted by molar-refractivity contribution is 7.89. The number of ether oxygens (including phenoxy) is 1. The lowest BCUT2D eigenvalue weighted by atomic mass is 9.97. The van der Waals surface area contributed by atoms with E-state index in [4.69, 9.17) is 0 Å². The predicted octanol–water partition coefficient (Wildman–Crippen LogP) is 3.80. The molecule has 38 heavy (non-hydrogen) atoms. The van der Waals surface area contributed by atoms with Gasteiger partial charge in [-0.2, -0.15) is 0 Å². The number of carbonyl (C=O) groups excluding carboxylic acids is 1. The number of halogens is 3. The fourth-order valence-electron chi connectivity index (χ4n) is 5.02. The zero-order valence-electron chi connectivity index (χ0n) is 20.1. The molecule has 5 rings (SSSR count). The summed E-state index contributed by atoms with van der Waals surface area (Å²) in [5, 5.41) is 13.4. The van der Waals surface area contributed by atoms with Gasteiger partial charge < -0.3 is 19.3 Å². The van der Waals surface area contributed by atoms with E-state index in [0.717, 1.165) is 46.1 Å². The van der Waals surface area contributed by atoms with E-state index in [2.05, 4.69) is 9.46 Å². The summed E-state index contributed by atoms with van der Waals surface area (Å²) < 4.78 is 71.9. The van der Waals surface area contributed by atoms with Gasteiger partial charge in [0.05, 0.1) is 23.1 Å². The number of nitrogens with one attached hydrogen (secondary N) is 1. The number of likely N-dealkylation sites (tertiary alicyclic amines) is 1. The summed E-state index contributed by atoms with van der Waals surface area (Å²) in [6.07, 6.45) is -6.14. The van der Waals surface area contributed by atoms with E-state index in [0.29, 0.717) is 0 Å². The Morgan fingerprint density at radius 1 is 0.947 bits per heavy atom. The van der Waals surface area contributed by atoms with Crippen molar-refractivity contribution >= 4 is 37.7 Å². The van der Waals surface area contributed by atoms with Gasteiger partial charge in [0.2, 0.25) is 15.9 Å². The number of piperidine rings is 1. The number of aromatic nitrogens is 1. The number of fused-ring (bicyclic) bond motifs is 3. The lowest BCUT2D eigenvalue weighted by Crippen LogP contribution is -2.60. The molecular weight excluding hydrogens is 523 g/mol. The van der Waals surface area contributed by atoms with Crippen LogP contribution in [0, 0.1) is 0 Å². The highest BCUT2D eigenvalue weighted by Gasteiger charge is 2.41. The molecule has 4 aromatic rings. The summed E-state index contributed by atoms with van der Waals surface area (Å²) >= 11 is 0. The number of aliphatic hydroxyl groups excluding tert-OH is 1. The summed E-state index contributed by atoms with van der Waals surface area (Å²) in [5.41, 5.74) is 1.65. The molecule has 0 aliphatic carbocycles. The van der Waals surface area contributed by atoms with E-state index >= 15 is 0 Å². The number of carbonyl (C=O) groups is 1. The minimum atomic E-state index is -4.91. The first-order chi connectivity index (χ1) is 17.9. The van der Waals surface area contributed by atoms with Crippen LogP contribution in [0.5, 0.6) is 5.75 Å². The van der Waals surface area contributed by atoms with Crippen molar-refractivity contribution in [2.24, 2.45) is 0 Å². The van der Waals surface area contributed by atoms with Crippen molar-refractivity contribution in [3.8, 4) is 5.75 Å². The van der Waals surface area contributed by atoms with Crippen molar-refractivity contribution in [3.05, 3.63) is 72.8 Å². The number of aliphatic hydroxyl groups is 1. The fraction of sp³-hybridized carbons (Fsp3) is 0.269. The summed E-state index contributed by atoms with van der Waals surface area (Å²) in [4.78, 5) is 13.6. The van der Waals surface area contributed by atoms with Crippen LogP contribution in [-0.4, -0.2) is 60.5 Å². The number of amides is 1. The molecule has 3 aromatic carbocycles. The van der Waals surface area contributed by atoms with Gasteiger partial charge >= 0.3 is 6.36 Å². The van der Waals surface area contributed by atoms with Crippen molar-refractivity contribution in [1.82, 2.24) is 14.2 Å². The van der Waals surface area contributed by atoms with Crippen LogP contribution in [0.25, 0.3) is 21.8 Å². The van der Waals surface area contributed by atoms with Gasteiger partial charge in [-0.05, 0) is 36.4 Å². The van der Waals surface area contributed by atoms with Crippen LogP contribution in [-0.2, 0) is 14.8 Å². The first kappa shape index (κ1) is 26.0. The Morgan fingerprint density at radius 3 is 2.03 bits per heavy atom.